The molecule has 0 amide bonds. The van der Waals surface area contributed by atoms with Gasteiger partial charge < -0.3 is 10.2 Å². The molecule has 1 aliphatic rings. The quantitative estimate of drug-likeness (QED) is 0.887. The first-order chi connectivity index (χ1) is 9.74. The van der Waals surface area contributed by atoms with Gasteiger partial charge in [-0.1, -0.05) is 23.7 Å². The predicted molar refractivity (Wildman–Crippen MR) is 82.0 cm³/mol. The van der Waals surface area contributed by atoms with Gasteiger partial charge in [0.25, 0.3) is 0 Å². The van der Waals surface area contributed by atoms with Gasteiger partial charge in [-0.25, -0.2) is 4.39 Å². The molecule has 0 saturated carbocycles. The predicted octanol–water partition coefficient (Wildman–Crippen LogP) is 4.30. The van der Waals surface area contributed by atoms with Gasteiger partial charge in [-0.3, -0.25) is 0 Å². The lowest BCUT2D eigenvalue weighted by Crippen LogP contribution is -2.23. The Morgan fingerprint density at radius 2 is 2.05 bits per heavy atom. The highest BCUT2D eigenvalue weighted by Crippen LogP contribution is 2.30. The van der Waals surface area contributed by atoms with Gasteiger partial charge in [-0.05, 0) is 42.3 Å². The van der Waals surface area contributed by atoms with E-state index in [4.69, 9.17) is 11.6 Å². The molecule has 0 unspecified atom stereocenters. The first kappa shape index (κ1) is 13.3. The van der Waals surface area contributed by atoms with Crippen molar-refractivity contribution < 1.29 is 4.39 Å². The molecule has 0 aliphatic carbocycles. The zero-order valence-corrected chi connectivity index (χ0v) is 11.8. The van der Waals surface area contributed by atoms with E-state index in [9.17, 15) is 4.39 Å². The molecule has 0 saturated heterocycles. The molecule has 2 nitrogen and oxygen atoms in total. The monoisotopic (exact) mass is 290 g/mol. The number of benzene rings is 2. The molecule has 104 valence electrons. The summed E-state index contributed by atoms with van der Waals surface area (Å²) in [4.78, 5) is 2.25. The Balaban J connectivity index is 1.92. The molecule has 0 radical (unpaired) electrons. The normalized spacial score (nSPS) is 14.4. The lowest BCUT2D eigenvalue weighted by atomic mass is 10.1. The smallest absolute Gasteiger partial charge is 0.123 e. The minimum Gasteiger partial charge on any atom is -0.383 e. The molecule has 0 spiro atoms. The fraction of sp³-hybridized carbons (Fsp3) is 0.250. The van der Waals surface area contributed by atoms with Crippen LogP contribution < -0.4 is 10.2 Å². The molecule has 0 fully saturated rings. The van der Waals surface area contributed by atoms with Crippen LogP contribution in [-0.2, 0) is 6.54 Å². The van der Waals surface area contributed by atoms with Crippen molar-refractivity contribution in [2.75, 3.05) is 23.3 Å². The first-order valence-corrected chi connectivity index (χ1v) is 7.13. The molecule has 0 aromatic heterocycles. The summed E-state index contributed by atoms with van der Waals surface area (Å²) in [7, 11) is 0. The maximum atomic E-state index is 13.4. The SMILES string of the molecule is Fc1ccc(Cl)c(CN2CCCNc3ccccc32)c1. The Morgan fingerprint density at radius 1 is 1.20 bits per heavy atom. The molecule has 0 atom stereocenters. The highest BCUT2D eigenvalue weighted by molar-refractivity contribution is 6.31. The van der Waals surface area contributed by atoms with Crippen LogP contribution in [0.3, 0.4) is 0 Å². The number of para-hydroxylation sites is 2. The van der Waals surface area contributed by atoms with E-state index in [-0.39, 0.29) is 5.82 Å². The standard InChI is InChI=1S/C16H16ClFN2/c17-14-7-6-13(18)10-12(14)11-20-9-3-8-19-15-4-1-2-5-16(15)20/h1-2,4-7,10,19H,3,8-9,11H2. The van der Waals surface area contributed by atoms with Crippen molar-refractivity contribution in [2.45, 2.75) is 13.0 Å². The minimum absolute atomic E-state index is 0.245. The van der Waals surface area contributed by atoms with Crippen LogP contribution in [0.4, 0.5) is 15.8 Å². The zero-order valence-electron chi connectivity index (χ0n) is 11.1. The average molecular weight is 291 g/mol. The summed E-state index contributed by atoms with van der Waals surface area (Å²) in [5, 5.41) is 4.03. The maximum Gasteiger partial charge on any atom is 0.123 e. The molecule has 0 bridgehead atoms. The minimum atomic E-state index is -0.245. The molecule has 3 rings (SSSR count). The summed E-state index contributed by atoms with van der Waals surface area (Å²) in [5.41, 5.74) is 3.09. The van der Waals surface area contributed by atoms with Gasteiger partial charge in [0, 0.05) is 24.7 Å². The van der Waals surface area contributed by atoms with Crippen LogP contribution in [0.5, 0.6) is 0 Å². The molecular formula is C16H16ClFN2. The highest BCUT2D eigenvalue weighted by atomic mass is 35.5. The first-order valence-electron chi connectivity index (χ1n) is 6.76. The van der Waals surface area contributed by atoms with Crippen molar-refractivity contribution in [3.63, 3.8) is 0 Å². The van der Waals surface area contributed by atoms with Gasteiger partial charge in [-0.2, -0.15) is 0 Å². The Bertz CT molecular complexity index is 615. The van der Waals surface area contributed by atoms with E-state index in [1.165, 1.54) is 12.1 Å². The van der Waals surface area contributed by atoms with E-state index in [1.54, 1.807) is 6.07 Å². The average Bonchev–Trinajstić information content (AvgIpc) is 2.66. The summed E-state index contributed by atoms with van der Waals surface area (Å²) >= 11 is 6.17. The van der Waals surface area contributed by atoms with Crippen molar-refractivity contribution in [1.29, 1.82) is 0 Å². The third-order valence-electron chi connectivity index (χ3n) is 3.53. The van der Waals surface area contributed by atoms with Crippen LogP contribution in [0.2, 0.25) is 5.02 Å². The second kappa shape index (κ2) is 5.71. The zero-order chi connectivity index (χ0) is 13.9. The molecule has 4 heteroatoms. The highest BCUT2D eigenvalue weighted by Gasteiger charge is 2.16. The van der Waals surface area contributed by atoms with Crippen LogP contribution in [0.1, 0.15) is 12.0 Å². The fourth-order valence-electron chi connectivity index (χ4n) is 2.55. The Kier molecular flexibility index (Phi) is 3.79. The van der Waals surface area contributed by atoms with Gasteiger partial charge in [0.15, 0.2) is 0 Å². The van der Waals surface area contributed by atoms with Gasteiger partial charge >= 0.3 is 0 Å². The largest absolute Gasteiger partial charge is 0.383 e. The molecule has 2 aromatic rings. The summed E-state index contributed by atoms with van der Waals surface area (Å²) in [6, 6.07) is 12.7. The van der Waals surface area contributed by atoms with Crippen molar-refractivity contribution in [3.05, 3.63) is 58.9 Å². The van der Waals surface area contributed by atoms with E-state index >= 15 is 0 Å². The van der Waals surface area contributed by atoms with Crippen molar-refractivity contribution in [2.24, 2.45) is 0 Å². The molecule has 20 heavy (non-hydrogen) atoms. The summed E-state index contributed by atoms with van der Waals surface area (Å²) in [5.74, 6) is -0.245. The lowest BCUT2D eigenvalue weighted by Gasteiger charge is -2.25. The lowest BCUT2D eigenvalue weighted by molar-refractivity contribution is 0.624. The molecule has 1 aliphatic heterocycles. The summed E-state index contributed by atoms with van der Waals surface area (Å²) in [6.07, 6.45) is 1.04. The van der Waals surface area contributed by atoms with Crippen molar-refractivity contribution in [3.8, 4) is 0 Å². The van der Waals surface area contributed by atoms with Crippen LogP contribution in [0.25, 0.3) is 0 Å². The van der Waals surface area contributed by atoms with Crippen molar-refractivity contribution in [1.82, 2.24) is 0 Å². The maximum absolute atomic E-state index is 13.4. The van der Waals surface area contributed by atoms with E-state index < -0.39 is 0 Å². The topological polar surface area (TPSA) is 15.3 Å². The third-order valence-corrected chi connectivity index (χ3v) is 3.90. The van der Waals surface area contributed by atoms with E-state index in [1.807, 2.05) is 12.1 Å². The molecule has 1 N–H and O–H groups in total. The molecule has 1 heterocycles. The fourth-order valence-corrected chi connectivity index (χ4v) is 2.72. The van der Waals surface area contributed by atoms with E-state index in [0.717, 1.165) is 36.4 Å². The van der Waals surface area contributed by atoms with Gasteiger partial charge in [0.1, 0.15) is 5.82 Å². The Labute approximate surface area is 123 Å². The number of nitrogens with zero attached hydrogens (tertiary/aromatic N) is 1. The number of hydrogen-bond donors (Lipinski definition) is 1. The third kappa shape index (κ3) is 2.73. The van der Waals surface area contributed by atoms with Gasteiger partial charge in [-0.15, -0.1) is 0 Å². The Morgan fingerprint density at radius 3 is 2.95 bits per heavy atom. The van der Waals surface area contributed by atoms with E-state index in [2.05, 4.69) is 22.3 Å². The number of fused-ring (bicyclic) bond motifs is 1. The number of halogens is 2. The second-order valence-corrected chi connectivity index (χ2v) is 5.36. The van der Waals surface area contributed by atoms with E-state index in [0.29, 0.717) is 11.6 Å². The summed E-state index contributed by atoms with van der Waals surface area (Å²) in [6.45, 7) is 2.50. The van der Waals surface area contributed by atoms with Crippen molar-refractivity contribution >= 4 is 23.0 Å². The van der Waals surface area contributed by atoms with Gasteiger partial charge in [0.05, 0.1) is 11.4 Å². The van der Waals surface area contributed by atoms with Crippen LogP contribution in [0.15, 0.2) is 42.5 Å². The summed E-state index contributed by atoms with van der Waals surface area (Å²) < 4.78 is 13.4. The van der Waals surface area contributed by atoms with Crippen LogP contribution in [0, 0.1) is 5.82 Å². The second-order valence-electron chi connectivity index (χ2n) is 4.95. The number of nitrogens with one attached hydrogen (secondary N) is 1. The number of anilines is 2. The number of rotatable bonds is 2. The van der Waals surface area contributed by atoms with Crippen LogP contribution in [-0.4, -0.2) is 13.1 Å². The van der Waals surface area contributed by atoms with Crippen LogP contribution >= 0.6 is 11.6 Å². The van der Waals surface area contributed by atoms with Gasteiger partial charge in [0.2, 0.25) is 0 Å². The Hall–Kier alpha value is -1.74. The molecule has 2 aromatic carbocycles. The number of hydrogen-bond acceptors (Lipinski definition) is 2. The molecular weight excluding hydrogens is 275 g/mol.